The average Bonchev–Trinajstić information content (AvgIpc) is 2.35. The van der Waals surface area contributed by atoms with Gasteiger partial charge in [0.1, 0.15) is 11.2 Å². The third-order valence-electron chi connectivity index (χ3n) is 1.64. The van der Waals surface area contributed by atoms with Crippen molar-refractivity contribution >= 4 is 30.4 Å². The van der Waals surface area contributed by atoms with Gasteiger partial charge in [-0.1, -0.05) is 0 Å². The van der Waals surface area contributed by atoms with Gasteiger partial charge in [-0.2, -0.15) is 0 Å². The Morgan fingerprint density at radius 1 is 0.640 bits per heavy atom. The molecule has 0 spiro atoms. The normalized spacial score (nSPS) is 18.3. The van der Waals surface area contributed by atoms with E-state index >= 15 is 0 Å². The molecule has 0 radical (unpaired) electrons. The Hall–Kier alpha value is 3.29. The van der Waals surface area contributed by atoms with E-state index in [1.807, 2.05) is 0 Å². The third-order valence-corrected chi connectivity index (χ3v) is 8.32. The summed E-state index contributed by atoms with van der Waals surface area (Å²) in [6.07, 6.45) is 0. The first kappa shape index (κ1) is 38.8. The number of hydrogen-bond acceptors (Lipinski definition) is 14. The summed E-state index contributed by atoms with van der Waals surface area (Å²) < 4.78 is 47.7. The summed E-state index contributed by atoms with van der Waals surface area (Å²) in [5, 5.41) is 16.6. The molecule has 4 atom stereocenters. The van der Waals surface area contributed by atoms with Crippen molar-refractivity contribution in [1.82, 2.24) is 0 Å². The Balaban J connectivity index is -0.0000000952. The van der Waals surface area contributed by atoms with E-state index in [0.717, 1.165) is 0 Å². The van der Waals surface area contributed by atoms with Crippen molar-refractivity contribution in [2.45, 2.75) is 11.2 Å². The van der Waals surface area contributed by atoms with Crippen molar-refractivity contribution in [3.8, 4) is 0 Å². The molecule has 0 aromatic heterocycles. The molecule has 0 aromatic carbocycles. The SMILES string of the molecule is COP(=O)([O-])C(O)P(=O)([O-])[O-].COP(=O)([O-])C(O)P(=O)([O-])[O-].[Cd+2].[Cd+2].[Cd+2]. The van der Waals surface area contributed by atoms with E-state index in [-0.39, 0.29) is 81.9 Å². The summed E-state index contributed by atoms with van der Waals surface area (Å²) in [4.78, 5) is 60.3. The van der Waals surface area contributed by atoms with Crippen LogP contribution in [-0.2, 0) is 109 Å². The van der Waals surface area contributed by atoms with Gasteiger partial charge in [0.15, 0.2) is 15.2 Å². The molecule has 0 aliphatic carbocycles. The van der Waals surface area contributed by atoms with Crippen LogP contribution in [0.15, 0.2) is 0 Å². The van der Waals surface area contributed by atoms with E-state index in [0.29, 0.717) is 14.2 Å². The van der Waals surface area contributed by atoms with Gasteiger partial charge >= 0.3 is 81.9 Å². The molecule has 0 rings (SSSR count). The quantitative estimate of drug-likeness (QED) is 0.190. The molecular weight excluding hydrogens is 733 g/mol. The van der Waals surface area contributed by atoms with E-state index in [1.165, 1.54) is 0 Å². The Labute approximate surface area is 202 Å². The number of hydrogen-bond donors (Lipinski definition) is 2. The second-order valence-electron chi connectivity index (χ2n) is 3.22. The summed E-state index contributed by atoms with van der Waals surface area (Å²) in [6.45, 7) is 0. The Kier molecular flexibility index (Phi) is 23.5. The van der Waals surface area contributed by atoms with Gasteiger partial charge in [0.25, 0.3) is 0 Å². The standard InChI is InChI=1S/2C2H8O7P2.3Cd/c2*1-9-11(7,8)2(3)10(4,5)6;;;/h2*2-3H,1H3,(H,7,8)(H2,4,5,6);;;/q;;3*+2/p-6. The van der Waals surface area contributed by atoms with E-state index in [9.17, 15) is 47.6 Å². The van der Waals surface area contributed by atoms with Crippen LogP contribution in [0.3, 0.4) is 0 Å². The number of aliphatic hydroxyl groups excluding tert-OH is 2. The maximum Gasteiger partial charge on any atom is 2.00 e. The van der Waals surface area contributed by atoms with E-state index in [4.69, 9.17) is 10.2 Å². The summed E-state index contributed by atoms with van der Waals surface area (Å²) in [7, 11) is -19.7. The van der Waals surface area contributed by atoms with Gasteiger partial charge in [-0.3, -0.25) is 0 Å². The molecule has 0 aromatic rings. The van der Waals surface area contributed by atoms with Crippen molar-refractivity contribution in [3.05, 3.63) is 0 Å². The van der Waals surface area contributed by atoms with Crippen LogP contribution in [0.25, 0.3) is 0 Å². The molecule has 136 valence electrons. The van der Waals surface area contributed by atoms with E-state index < -0.39 is 41.6 Å². The molecule has 0 bridgehead atoms. The van der Waals surface area contributed by atoms with Crippen LogP contribution in [0.4, 0.5) is 0 Å². The van der Waals surface area contributed by atoms with Gasteiger partial charge in [0.2, 0.25) is 0 Å². The molecule has 25 heavy (non-hydrogen) atoms. The predicted octanol–water partition coefficient (Wildman–Crippen LogP) is -5.26. The van der Waals surface area contributed by atoms with E-state index in [2.05, 4.69) is 9.05 Å². The van der Waals surface area contributed by atoms with Crippen LogP contribution in [0.2, 0.25) is 0 Å². The summed E-state index contributed by atoms with van der Waals surface area (Å²) in [5.41, 5.74) is -6.00. The van der Waals surface area contributed by atoms with Crippen molar-refractivity contribution in [3.63, 3.8) is 0 Å². The van der Waals surface area contributed by atoms with Crippen LogP contribution >= 0.6 is 30.4 Å². The zero-order valence-corrected chi connectivity index (χ0v) is 28.5. The fourth-order valence-electron chi connectivity index (χ4n) is 0.535. The molecule has 0 fully saturated rings. The van der Waals surface area contributed by atoms with E-state index in [1.54, 1.807) is 0 Å². The maximum absolute atomic E-state index is 10.3. The first-order chi connectivity index (χ1) is 9.43. The molecule has 0 amide bonds. The van der Waals surface area contributed by atoms with Crippen LogP contribution in [0.1, 0.15) is 0 Å². The average molecular weight is 743 g/mol. The molecule has 2 N–H and O–H groups in total. The molecule has 21 heteroatoms. The Morgan fingerprint density at radius 3 is 0.840 bits per heavy atom. The van der Waals surface area contributed by atoms with Gasteiger partial charge in [-0.15, -0.1) is 0 Å². The third kappa shape index (κ3) is 15.7. The topological polar surface area (TPSA) is 266 Å². The minimum atomic E-state index is -5.54. The smallest absolute Gasteiger partial charge is 0.809 e. The molecule has 0 aliphatic rings. The van der Waals surface area contributed by atoms with Gasteiger partial charge < -0.3 is 66.9 Å². The van der Waals surface area contributed by atoms with Crippen molar-refractivity contribution in [1.29, 1.82) is 0 Å². The molecular formula is C4H10Cd3O14P4. The van der Waals surface area contributed by atoms with Gasteiger partial charge in [-0.05, 0) is 15.2 Å². The van der Waals surface area contributed by atoms with Crippen molar-refractivity contribution in [2.75, 3.05) is 14.2 Å². The Morgan fingerprint density at radius 2 is 0.800 bits per heavy atom. The van der Waals surface area contributed by atoms with Crippen LogP contribution in [0.5, 0.6) is 0 Å². The largest absolute Gasteiger partial charge is 2.00 e. The summed E-state index contributed by atoms with van der Waals surface area (Å²) in [6, 6.07) is 0. The Bertz CT molecular complexity index is 494. The summed E-state index contributed by atoms with van der Waals surface area (Å²) >= 11 is 0. The predicted molar refractivity (Wildman–Crippen MR) is 56.5 cm³/mol. The molecule has 4 unspecified atom stereocenters. The number of rotatable bonds is 6. The first-order valence-electron chi connectivity index (χ1n) is 4.56. The zero-order chi connectivity index (χ0) is 18.6. The van der Waals surface area contributed by atoms with Gasteiger partial charge in [0.05, 0.1) is 0 Å². The fraction of sp³-hybridized carbons (Fsp3) is 1.00. The molecule has 0 aliphatic heterocycles. The number of aliphatic hydroxyl groups is 2. The minimum Gasteiger partial charge on any atom is -0.809 e. The van der Waals surface area contributed by atoms with Gasteiger partial charge in [-0.25, -0.2) is 0 Å². The zero-order valence-electron chi connectivity index (χ0n) is 12.9. The second kappa shape index (κ2) is 15.1. The molecule has 0 saturated heterocycles. The van der Waals surface area contributed by atoms with Crippen molar-refractivity contribution in [2.24, 2.45) is 0 Å². The molecule has 0 saturated carbocycles. The monoisotopic (exact) mass is 748 g/mol. The molecule has 0 heterocycles. The van der Waals surface area contributed by atoms with Crippen molar-refractivity contribution < 1.29 is 149 Å². The maximum atomic E-state index is 10.3. The second-order valence-corrected chi connectivity index (χ2v) is 11.0. The molecule has 14 nitrogen and oxygen atoms in total. The van der Waals surface area contributed by atoms with Crippen LogP contribution in [-0.4, -0.2) is 35.6 Å². The minimum absolute atomic E-state index is 0. The first-order valence-corrected chi connectivity index (χ1v) is 11.0. The van der Waals surface area contributed by atoms with Gasteiger partial charge in [0, 0.05) is 14.2 Å². The van der Waals surface area contributed by atoms with Crippen LogP contribution in [0, 0.1) is 0 Å². The fourth-order valence-corrected chi connectivity index (χ4v) is 4.25. The summed E-state index contributed by atoms with van der Waals surface area (Å²) in [5.74, 6) is 0. The van der Waals surface area contributed by atoms with Crippen LogP contribution < -0.4 is 29.4 Å².